The largest absolute Gasteiger partial charge is 0.363 e. The molecule has 1 aromatic carbocycles. The second-order valence-corrected chi connectivity index (χ2v) is 7.17. The molecular formula is C14H16BrNO2S. The molecule has 0 atom stereocenters. The Morgan fingerprint density at radius 3 is 2.68 bits per heavy atom. The smallest absolute Gasteiger partial charge is 0.255 e. The van der Waals surface area contributed by atoms with Gasteiger partial charge in [0.15, 0.2) is 0 Å². The van der Waals surface area contributed by atoms with E-state index < -0.39 is 0 Å². The molecule has 1 spiro atoms. The quantitative estimate of drug-likeness (QED) is 0.785. The van der Waals surface area contributed by atoms with Crippen molar-refractivity contribution in [3.63, 3.8) is 0 Å². The number of hydrogen-bond donors (Lipinski definition) is 0. The van der Waals surface area contributed by atoms with Gasteiger partial charge in [0.05, 0.1) is 12.2 Å². The van der Waals surface area contributed by atoms with Gasteiger partial charge in [-0.25, -0.2) is 0 Å². The summed E-state index contributed by atoms with van der Waals surface area (Å²) >= 11 is 5.36. The third-order valence-electron chi connectivity index (χ3n) is 3.73. The molecule has 0 saturated carbocycles. The minimum Gasteiger partial charge on any atom is -0.363 e. The van der Waals surface area contributed by atoms with Crippen LogP contribution in [-0.4, -0.2) is 41.2 Å². The van der Waals surface area contributed by atoms with Crippen LogP contribution in [0.25, 0.3) is 0 Å². The predicted octanol–water partition coefficient (Wildman–Crippen LogP) is 3.14. The van der Waals surface area contributed by atoms with Crippen molar-refractivity contribution >= 4 is 33.6 Å². The second-order valence-electron chi connectivity index (χ2n) is 4.88. The van der Waals surface area contributed by atoms with E-state index >= 15 is 0 Å². The molecule has 2 aliphatic heterocycles. The van der Waals surface area contributed by atoms with Crippen molar-refractivity contribution in [3.05, 3.63) is 34.3 Å². The predicted molar refractivity (Wildman–Crippen MR) is 80.4 cm³/mol. The molecular weight excluding hydrogens is 326 g/mol. The summed E-state index contributed by atoms with van der Waals surface area (Å²) in [5.41, 5.74) is 0.749. The Labute approximate surface area is 125 Å². The van der Waals surface area contributed by atoms with Crippen molar-refractivity contribution < 1.29 is 9.53 Å². The number of carbonyl (C=O) groups is 1. The molecule has 19 heavy (non-hydrogen) atoms. The fourth-order valence-corrected chi connectivity index (χ4v) is 4.27. The highest BCUT2D eigenvalue weighted by Crippen LogP contribution is 2.41. The zero-order chi connectivity index (χ0) is 13.3. The number of amides is 1. The zero-order valence-electron chi connectivity index (χ0n) is 10.6. The van der Waals surface area contributed by atoms with Crippen molar-refractivity contribution in [1.82, 2.24) is 4.90 Å². The first kappa shape index (κ1) is 13.5. The fraction of sp³-hybridized carbons (Fsp3) is 0.500. The zero-order valence-corrected chi connectivity index (χ0v) is 13.0. The number of nitrogens with zero attached hydrogens (tertiary/aromatic N) is 1. The van der Waals surface area contributed by atoms with E-state index in [4.69, 9.17) is 4.74 Å². The SMILES string of the molecule is O=C(c1ccccc1Br)N1CCC2(CC1)OCCS2. The summed E-state index contributed by atoms with van der Waals surface area (Å²) in [6.45, 7) is 2.42. The van der Waals surface area contributed by atoms with Gasteiger partial charge in [0.25, 0.3) is 5.91 Å². The van der Waals surface area contributed by atoms with Crippen molar-refractivity contribution in [2.24, 2.45) is 0 Å². The highest BCUT2D eigenvalue weighted by molar-refractivity contribution is 9.10. The van der Waals surface area contributed by atoms with E-state index in [9.17, 15) is 4.79 Å². The van der Waals surface area contributed by atoms with Crippen LogP contribution in [0.3, 0.4) is 0 Å². The maximum absolute atomic E-state index is 12.5. The molecule has 3 rings (SSSR count). The highest BCUT2D eigenvalue weighted by atomic mass is 79.9. The van der Waals surface area contributed by atoms with Gasteiger partial charge in [0.1, 0.15) is 4.93 Å². The van der Waals surface area contributed by atoms with Gasteiger partial charge in [-0.05, 0) is 28.1 Å². The first-order valence-electron chi connectivity index (χ1n) is 6.52. The van der Waals surface area contributed by atoms with Crippen LogP contribution in [0.4, 0.5) is 0 Å². The van der Waals surface area contributed by atoms with E-state index in [0.29, 0.717) is 0 Å². The molecule has 0 aliphatic carbocycles. The summed E-state index contributed by atoms with van der Waals surface area (Å²) in [6, 6.07) is 7.61. The number of piperidine rings is 1. The maximum Gasteiger partial charge on any atom is 0.255 e. The third kappa shape index (κ3) is 2.69. The van der Waals surface area contributed by atoms with Gasteiger partial charge < -0.3 is 9.64 Å². The molecule has 2 heterocycles. The molecule has 2 aliphatic rings. The lowest BCUT2D eigenvalue weighted by atomic mass is 10.1. The van der Waals surface area contributed by atoms with Gasteiger partial charge in [-0.2, -0.15) is 0 Å². The number of hydrogen-bond acceptors (Lipinski definition) is 3. The fourth-order valence-electron chi connectivity index (χ4n) is 2.64. The molecule has 5 heteroatoms. The van der Waals surface area contributed by atoms with E-state index in [-0.39, 0.29) is 10.8 Å². The molecule has 2 saturated heterocycles. The van der Waals surface area contributed by atoms with Crippen molar-refractivity contribution in [1.29, 1.82) is 0 Å². The Balaban J connectivity index is 1.68. The first-order chi connectivity index (χ1) is 9.20. The van der Waals surface area contributed by atoms with Crippen LogP contribution in [0.1, 0.15) is 23.2 Å². The maximum atomic E-state index is 12.5. The van der Waals surface area contributed by atoms with Crippen LogP contribution >= 0.6 is 27.7 Å². The van der Waals surface area contributed by atoms with Gasteiger partial charge >= 0.3 is 0 Å². The minimum absolute atomic E-state index is 0.00923. The number of benzene rings is 1. The molecule has 0 unspecified atom stereocenters. The van der Waals surface area contributed by atoms with Crippen molar-refractivity contribution in [3.8, 4) is 0 Å². The molecule has 0 aromatic heterocycles. The van der Waals surface area contributed by atoms with E-state index in [0.717, 1.165) is 48.3 Å². The number of ether oxygens (including phenoxy) is 1. The normalized spacial score (nSPS) is 21.8. The Kier molecular flexibility index (Phi) is 3.87. The Hall–Kier alpha value is -0.520. The number of rotatable bonds is 1. The van der Waals surface area contributed by atoms with Crippen LogP contribution in [-0.2, 0) is 4.74 Å². The average Bonchev–Trinajstić information content (AvgIpc) is 2.88. The Morgan fingerprint density at radius 2 is 2.05 bits per heavy atom. The summed E-state index contributed by atoms with van der Waals surface area (Å²) in [7, 11) is 0. The van der Waals surface area contributed by atoms with Crippen molar-refractivity contribution in [2.75, 3.05) is 25.4 Å². The number of thioether (sulfide) groups is 1. The van der Waals surface area contributed by atoms with Gasteiger partial charge in [-0.15, -0.1) is 11.8 Å². The van der Waals surface area contributed by atoms with Crippen LogP contribution in [0.2, 0.25) is 0 Å². The van der Waals surface area contributed by atoms with E-state index in [1.807, 2.05) is 40.9 Å². The first-order valence-corrected chi connectivity index (χ1v) is 8.30. The lowest BCUT2D eigenvalue weighted by Gasteiger charge is -2.38. The van der Waals surface area contributed by atoms with E-state index in [1.54, 1.807) is 0 Å². The average molecular weight is 342 g/mol. The summed E-state index contributed by atoms with van der Waals surface area (Å²) in [6.07, 6.45) is 1.88. The Morgan fingerprint density at radius 1 is 1.32 bits per heavy atom. The molecule has 0 N–H and O–H groups in total. The third-order valence-corrected chi connectivity index (χ3v) is 5.84. The van der Waals surface area contributed by atoms with Crippen LogP contribution in [0.5, 0.6) is 0 Å². The van der Waals surface area contributed by atoms with Gasteiger partial charge in [0.2, 0.25) is 0 Å². The summed E-state index contributed by atoms with van der Waals surface area (Å²) in [4.78, 5) is 14.4. The van der Waals surface area contributed by atoms with Crippen molar-refractivity contribution in [2.45, 2.75) is 17.8 Å². The van der Waals surface area contributed by atoms with Crippen LogP contribution in [0.15, 0.2) is 28.7 Å². The summed E-state index contributed by atoms with van der Waals surface area (Å²) in [5, 5.41) is 0. The number of likely N-dealkylation sites (tertiary alicyclic amines) is 1. The monoisotopic (exact) mass is 341 g/mol. The van der Waals surface area contributed by atoms with Gasteiger partial charge in [-0.3, -0.25) is 4.79 Å². The minimum atomic E-state index is -0.00923. The Bertz CT molecular complexity index is 478. The van der Waals surface area contributed by atoms with Crippen LogP contribution in [0, 0.1) is 0 Å². The summed E-state index contributed by atoms with van der Waals surface area (Å²) in [5.74, 6) is 1.20. The molecule has 3 nitrogen and oxygen atoms in total. The molecule has 2 fully saturated rings. The molecule has 1 amide bonds. The molecule has 0 radical (unpaired) electrons. The lowest BCUT2D eigenvalue weighted by molar-refractivity contribution is 0.00350. The van der Waals surface area contributed by atoms with Crippen LogP contribution < -0.4 is 0 Å². The standard InChI is InChI=1S/C14H16BrNO2S/c15-12-4-2-1-3-11(12)13(17)16-7-5-14(6-8-16)18-9-10-19-14/h1-4H,5-10H2. The topological polar surface area (TPSA) is 29.5 Å². The molecule has 0 bridgehead atoms. The lowest BCUT2D eigenvalue weighted by Crippen LogP contribution is -2.45. The van der Waals surface area contributed by atoms with Gasteiger partial charge in [0, 0.05) is 36.2 Å². The van der Waals surface area contributed by atoms with E-state index in [1.165, 1.54) is 0 Å². The highest BCUT2D eigenvalue weighted by Gasteiger charge is 2.40. The van der Waals surface area contributed by atoms with Gasteiger partial charge in [-0.1, -0.05) is 12.1 Å². The number of halogens is 1. The number of carbonyl (C=O) groups excluding carboxylic acids is 1. The summed E-state index contributed by atoms with van der Waals surface area (Å²) < 4.78 is 6.72. The second kappa shape index (κ2) is 5.46. The van der Waals surface area contributed by atoms with E-state index in [2.05, 4.69) is 15.9 Å². The molecule has 1 aromatic rings. The molecule has 102 valence electrons.